The van der Waals surface area contributed by atoms with E-state index in [1.807, 2.05) is 36.6 Å². The number of carbonyl (C=O) groups is 1. The lowest BCUT2D eigenvalue weighted by Crippen LogP contribution is -2.27. The van der Waals surface area contributed by atoms with Gasteiger partial charge < -0.3 is 4.90 Å². The zero-order valence-corrected chi connectivity index (χ0v) is 18.3. The first-order valence-corrected chi connectivity index (χ1v) is 12.3. The highest BCUT2D eigenvalue weighted by atomic mass is 127. The van der Waals surface area contributed by atoms with Gasteiger partial charge in [-0.05, 0) is 37.3 Å². The van der Waals surface area contributed by atoms with Crippen LogP contribution in [0.25, 0.3) is 22.3 Å². The largest absolute Gasteiger partial charge is 0.311 e. The average Bonchev–Trinajstić information content (AvgIpc) is 3.17. The van der Waals surface area contributed by atoms with E-state index in [0.29, 0.717) is 5.92 Å². The zero-order valence-electron chi connectivity index (χ0n) is 15.3. The molecule has 2 aliphatic rings. The van der Waals surface area contributed by atoms with Gasteiger partial charge in [-0.3, -0.25) is 13.4 Å². The minimum Gasteiger partial charge on any atom is -0.311 e. The highest BCUT2D eigenvalue weighted by Gasteiger charge is 2.43. The second-order valence-corrected chi connectivity index (χ2v) is 8.77. The molecule has 1 amide bonds. The van der Waals surface area contributed by atoms with Gasteiger partial charge in [-0.1, -0.05) is 0 Å². The molecule has 4 heterocycles. The van der Waals surface area contributed by atoms with Crippen LogP contribution in [0, 0.1) is 23.7 Å². The number of rotatable bonds is 4. The Balaban J connectivity index is 0.000000932. The molecule has 1 atom stereocenters. The molecule has 1 saturated heterocycles. The van der Waals surface area contributed by atoms with E-state index in [2.05, 4.69) is 47.9 Å². The Hall–Kier alpha value is -2.06. The summed E-state index contributed by atoms with van der Waals surface area (Å²) in [5.74, 6) is 1.13. The maximum Gasteiger partial charge on any atom is 0.230 e. The fraction of sp³-hybridized carbons (Fsp3) is 0.368. The molecule has 3 aromatic rings. The number of fused-ring (bicyclic) bond motifs is 1. The van der Waals surface area contributed by atoms with Crippen LogP contribution in [0.3, 0.4) is 0 Å². The highest BCUT2D eigenvalue weighted by Crippen LogP contribution is 2.44. The van der Waals surface area contributed by atoms with Crippen LogP contribution in [0.2, 0.25) is 0 Å². The van der Waals surface area contributed by atoms with Gasteiger partial charge in [0.2, 0.25) is 5.91 Å². The number of halogens is 1. The predicted octanol–water partition coefficient (Wildman–Crippen LogP) is 4.19. The van der Waals surface area contributed by atoms with Crippen molar-refractivity contribution in [1.29, 1.82) is 5.26 Å². The Morgan fingerprint density at radius 2 is 2.11 bits per heavy atom. The van der Waals surface area contributed by atoms with Crippen molar-refractivity contribution in [3.8, 4) is 17.8 Å². The first kappa shape index (κ1) is 19.3. The van der Waals surface area contributed by atoms with E-state index in [0.717, 1.165) is 40.9 Å². The van der Waals surface area contributed by atoms with E-state index in [9.17, 15) is 4.79 Å². The van der Waals surface area contributed by atoms with Gasteiger partial charge in [-0.15, -0.1) is 0 Å². The maximum absolute atomic E-state index is 12.9. The number of pyridine rings is 1. The van der Waals surface area contributed by atoms with Crippen LogP contribution in [0.4, 0.5) is 5.69 Å². The van der Waals surface area contributed by atoms with Crippen molar-refractivity contribution in [3.05, 3.63) is 30.7 Å². The third-order valence-electron chi connectivity index (χ3n) is 5.44. The summed E-state index contributed by atoms with van der Waals surface area (Å²) >= 11 is 2.27. The fourth-order valence-corrected chi connectivity index (χ4v) is 5.64. The number of hydrogen-bond donors (Lipinski definition) is 0. The number of anilines is 1. The Bertz CT molecular complexity index is 1050. The molecule has 1 saturated carbocycles. The van der Waals surface area contributed by atoms with Crippen LogP contribution >= 0.6 is 30.3 Å². The molecule has 28 heavy (non-hydrogen) atoms. The number of aromatic nitrogens is 4. The monoisotopic (exact) mass is 506 g/mol. The number of carbonyl (C=O) groups excluding carboxylic acids is 1. The minimum absolute atomic E-state index is 0.219. The molecule has 1 aliphatic carbocycles. The predicted molar refractivity (Wildman–Crippen MR) is 119 cm³/mol. The molecule has 0 spiro atoms. The minimum atomic E-state index is 0.219. The quantitative estimate of drug-likeness (QED) is 0.496. The molecule has 0 aromatic carbocycles. The van der Waals surface area contributed by atoms with Gasteiger partial charge in [0.15, 0.2) is 5.65 Å². The fourth-order valence-electron chi connectivity index (χ4n) is 4.00. The second-order valence-electron chi connectivity index (χ2n) is 7.09. The van der Waals surface area contributed by atoms with Gasteiger partial charge in [0.05, 0.1) is 17.6 Å². The average molecular weight is 506 g/mol. The topological polar surface area (TPSA) is 79.7 Å². The van der Waals surface area contributed by atoms with E-state index in [1.54, 1.807) is 13.8 Å². The number of aryl methyl sites for hydroxylation is 1. The van der Waals surface area contributed by atoms with Gasteiger partial charge in [-0.2, -0.15) is 5.10 Å². The van der Waals surface area contributed by atoms with Crippen molar-refractivity contribution in [2.45, 2.75) is 19.3 Å². The molecule has 9 heteroatoms. The van der Waals surface area contributed by atoms with Gasteiger partial charge >= 0.3 is 0 Å². The Kier molecular flexibility index (Phi) is 5.33. The molecule has 7 nitrogen and oxygen atoms in total. The van der Waals surface area contributed by atoms with Crippen molar-refractivity contribution < 1.29 is 4.79 Å². The van der Waals surface area contributed by atoms with Gasteiger partial charge in [-0.25, -0.2) is 10.2 Å². The molecule has 2 fully saturated rings. The molecule has 1 aliphatic heterocycles. The molecule has 3 aromatic heterocycles. The summed E-state index contributed by atoms with van der Waals surface area (Å²) in [6, 6.07) is 4.11. The first-order valence-electron chi connectivity index (χ1n) is 9.03. The normalized spacial score (nSPS) is 19.1. The Labute approximate surface area is 179 Å². The molecule has 144 valence electrons. The van der Waals surface area contributed by atoms with Crippen LogP contribution in [-0.2, 0) is 11.8 Å². The Morgan fingerprint density at radius 1 is 1.32 bits per heavy atom. The standard InChI is InChI=1S/C18H18IN5OS.CHN/c1-22-10-12(9-21-22)16-8-14-15(4-6-20-17(14)24(16)26-19)23-7-5-13(18(23)25)11-2-3-11;1-2/h4,6,8-11,13H,2-3,5,7H2,1H3;1H. The van der Waals surface area contributed by atoms with Gasteiger partial charge in [0, 0.05) is 79.8 Å². The number of nitrogens with zero attached hydrogens (tertiary/aromatic N) is 6. The molecular formula is C19H19IN6OS. The van der Waals surface area contributed by atoms with Crippen LogP contribution in [-0.4, -0.2) is 31.2 Å². The van der Waals surface area contributed by atoms with E-state index in [1.165, 1.54) is 12.8 Å². The Morgan fingerprint density at radius 3 is 2.75 bits per heavy atom. The summed E-state index contributed by atoms with van der Waals surface area (Å²) in [5.41, 5.74) is 3.97. The van der Waals surface area contributed by atoms with E-state index in [-0.39, 0.29) is 11.8 Å². The number of amides is 1. The summed E-state index contributed by atoms with van der Waals surface area (Å²) in [5, 5.41) is 11.8. The van der Waals surface area contributed by atoms with Crippen LogP contribution in [0.15, 0.2) is 30.7 Å². The van der Waals surface area contributed by atoms with Crippen LogP contribution < -0.4 is 4.90 Å². The molecule has 0 radical (unpaired) electrons. The van der Waals surface area contributed by atoms with Crippen molar-refractivity contribution in [1.82, 2.24) is 18.7 Å². The second kappa shape index (κ2) is 7.75. The lowest BCUT2D eigenvalue weighted by molar-refractivity contribution is -0.120. The van der Waals surface area contributed by atoms with E-state index >= 15 is 0 Å². The zero-order chi connectivity index (χ0) is 19.8. The summed E-state index contributed by atoms with van der Waals surface area (Å²) < 4.78 is 3.91. The van der Waals surface area contributed by atoms with Crippen molar-refractivity contribution >= 4 is 53.0 Å². The van der Waals surface area contributed by atoms with Crippen LogP contribution in [0.5, 0.6) is 0 Å². The van der Waals surface area contributed by atoms with Crippen LogP contribution in [0.1, 0.15) is 19.3 Å². The molecule has 1 unspecified atom stereocenters. The van der Waals surface area contributed by atoms with Crippen molar-refractivity contribution in [3.63, 3.8) is 0 Å². The molecule has 5 rings (SSSR count). The summed E-state index contributed by atoms with van der Waals surface area (Å²) in [6.07, 6.45) is 9.07. The van der Waals surface area contributed by atoms with E-state index < -0.39 is 0 Å². The van der Waals surface area contributed by atoms with Gasteiger partial charge in [0.25, 0.3) is 0 Å². The maximum atomic E-state index is 12.9. The van der Waals surface area contributed by atoms with Crippen molar-refractivity contribution in [2.75, 3.05) is 11.4 Å². The number of nitriles is 1. The lowest BCUT2D eigenvalue weighted by atomic mass is 10.0. The lowest BCUT2D eigenvalue weighted by Gasteiger charge is -2.17. The van der Waals surface area contributed by atoms with Gasteiger partial charge in [0.1, 0.15) is 0 Å². The summed E-state index contributed by atoms with van der Waals surface area (Å²) in [4.78, 5) is 19.5. The molecular weight excluding hydrogens is 487 g/mol. The third-order valence-corrected chi connectivity index (χ3v) is 7.13. The molecule has 0 N–H and O–H groups in total. The smallest absolute Gasteiger partial charge is 0.230 e. The third kappa shape index (κ3) is 3.18. The number of hydrogen-bond acceptors (Lipinski definition) is 5. The van der Waals surface area contributed by atoms with Crippen molar-refractivity contribution in [2.24, 2.45) is 18.9 Å². The first-order chi connectivity index (χ1) is 13.7. The SMILES string of the molecule is C#N.Cn1cc(-c2cc3c(N4CCC(C5CC5)C4=O)ccnc3n2SI)cn1. The summed E-state index contributed by atoms with van der Waals surface area (Å²) in [6.45, 7) is 4.31. The van der Waals surface area contributed by atoms with E-state index in [4.69, 9.17) is 5.26 Å². The molecule has 0 bridgehead atoms. The highest BCUT2D eigenvalue weighted by molar-refractivity contribution is 14.2. The summed E-state index contributed by atoms with van der Waals surface area (Å²) in [7, 11) is 3.50.